The average Bonchev–Trinajstić information content (AvgIpc) is 2.40. The van der Waals surface area contributed by atoms with Crippen LogP contribution in [0.25, 0.3) is 0 Å². The fourth-order valence-electron chi connectivity index (χ4n) is 2.35. The highest BCUT2D eigenvalue weighted by molar-refractivity contribution is 5.22. The number of unbranched alkanes of at least 4 members (excludes halogenated alkanes) is 2. The fraction of sp³-hybridized carbons (Fsp3) is 0.333. The van der Waals surface area contributed by atoms with Crippen LogP contribution in [0.15, 0.2) is 54.6 Å². The SMILES string of the molecule is Cc1cccc(CCCCCc2ccccc2)c1. The van der Waals surface area contributed by atoms with Crippen LogP contribution < -0.4 is 0 Å². The zero-order valence-corrected chi connectivity index (χ0v) is 11.2. The molecule has 0 fully saturated rings. The summed E-state index contributed by atoms with van der Waals surface area (Å²) in [6.45, 7) is 2.17. The first kappa shape index (κ1) is 12.9. The topological polar surface area (TPSA) is 0 Å². The Bertz CT molecular complexity index is 456. The van der Waals surface area contributed by atoms with Crippen molar-refractivity contribution in [3.05, 3.63) is 71.3 Å². The molecule has 0 nitrogen and oxygen atoms in total. The monoisotopic (exact) mass is 238 g/mol. The van der Waals surface area contributed by atoms with Gasteiger partial charge in [-0.3, -0.25) is 0 Å². The van der Waals surface area contributed by atoms with Gasteiger partial charge in [0.15, 0.2) is 0 Å². The standard InChI is InChI=1S/C18H22/c1-16-9-8-14-18(15-16)13-7-3-6-12-17-10-4-2-5-11-17/h2,4-5,8-11,14-15H,3,6-7,12-13H2,1H3. The molecule has 0 unspecified atom stereocenters. The lowest BCUT2D eigenvalue weighted by atomic mass is 10.0. The maximum absolute atomic E-state index is 2.30. The van der Waals surface area contributed by atoms with Crippen LogP contribution in [0, 0.1) is 6.92 Å². The van der Waals surface area contributed by atoms with Crippen LogP contribution >= 0.6 is 0 Å². The molecule has 0 heterocycles. The summed E-state index contributed by atoms with van der Waals surface area (Å²) in [5.74, 6) is 0. The second-order valence-electron chi connectivity index (χ2n) is 5.04. The van der Waals surface area contributed by atoms with Crippen LogP contribution in [-0.4, -0.2) is 0 Å². The minimum absolute atomic E-state index is 1.22. The van der Waals surface area contributed by atoms with Gasteiger partial charge < -0.3 is 0 Å². The van der Waals surface area contributed by atoms with Crippen LogP contribution in [0.2, 0.25) is 0 Å². The first-order valence-corrected chi connectivity index (χ1v) is 6.94. The van der Waals surface area contributed by atoms with E-state index in [0.717, 1.165) is 0 Å². The fourth-order valence-corrected chi connectivity index (χ4v) is 2.35. The molecule has 0 amide bonds. The molecule has 2 aromatic carbocycles. The average molecular weight is 238 g/mol. The number of hydrogen-bond donors (Lipinski definition) is 0. The number of benzene rings is 2. The second-order valence-corrected chi connectivity index (χ2v) is 5.04. The lowest BCUT2D eigenvalue weighted by Crippen LogP contribution is -1.89. The van der Waals surface area contributed by atoms with E-state index in [0.29, 0.717) is 0 Å². The summed E-state index contributed by atoms with van der Waals surface area (Å²) in [4.78, 5) is 0. The molecule has 18 heavy (non-hydrogen) atoms. The van der Waals surface area contributed by atoms with Gasteiger partial charge in [-0.05, 0) is 43.7 Å². The molecular weight excluding hydrogens is 216 g/mol. The van der Waals surface area contributed by atoms with E-state index in [1.165, 1.54) is 48.8 Å². The summed E-state index contributed by atoms with van der Waals surface area (Å²) in [7, 11) is 0. The lowest BCUT2D eigenvalue weighted by molar-refractivity contribution is 0.678. The maximum atomic E-state index is 2.30. The predicted molar refractivity (Wildman–Crippen MR) is 78.9 cm³/mol. The number of aryl methyl sites for hydroxylation is 3. The van der Waals surface area contributed by atoms with Gasteiger partial charge in [0.25, 0.3) is 0 Å². The van der Waals surface area contributed by atoms with E-state index >= 15 is 0 Å². The molecule has 0 N–H and O–H groups in total. The van der Waals surface area contributed by atoms with E-state index in [-0.39, 0.29) is 0 Å². The molecule has 0 saturated heterocycles. The normalized spacial score (nSPS) is 10.5. The van der Waals surface area contributed by atoms with Crippen LogP contribution in [0.4, 0.5) is 0 Å². The van der Waals surface area contributed by atoms with Crippen molar-refractivity contribution >= 4 is 0 Å². The first-order valence-electron chi connectivity index (χ1n) is 6.94. The molecule has 0 spiro atoms. The molecule has 0 aromatic heterocycles. The van der Waals surface area contributed by atoms with Gasteiger partial charge in [0, 0.05) is 0 Å². The zero-order chi connectivity index (χ0) is 12.6. The van der Waals surface area contributed by atoms with Gasteiger partial charge in [-0.25, -0.2) is 0 Å². The Kier molecular flexibility index (Phi) is 5.01. The molecule has 0 radical (unpaired) electrons. The van der Waals surface area contributed by atoms with Crippen LogP contribution in [0.3, 0.4) is 0 Å². The van der Waals surface area contributed by atoms with E-state index in [2.05, 4.69) is 61.5 Å². The Morgan fingerprint density at radius 3 is 2.06 bits per heavy atom. The van der Waals surface area contributed by atoms with Gasteiger partial charge >= 0.3 is 0 Å². The zero-order valence-electron chi connectivity index (χ0n) is 11.2. The summed E-state index contributed by atoms with van der Waals surface area (Å²) in [5.41, 5.74) is 4.32. The van der Waals surface area contributed by atoms with Crippen molar-refractivity contribution in [3.8, 4) is 0 Å². The lowest BCUT2D eigenvalue weighted by Gasteiger charge is -2.03. The molecular formula is C18H22. The highest BCUT2D eigenvalue weighted by atomic mass is 14.0. The maximum Gasteiger partial charge on any atom is -0.0279 e. The van der Waals surface area contributed by atoms with Gasteiger partial charge in [0.1, 0.15) is 0 Å². The predicted octanol–water partition coefficient (Wildman–Crippen LogP) is 4.95. The molecule has 0 heteroatoms. The Hall–Kier alpha value is -1.56. The summed E-state index contributed by atoms with van der Waals surface area (Å²) in [5, 5.41) is 0. The molecule has 2 aromatic rings. The van der Waals surface area contributed by atoms with Crippen LogP contribution in [0.1, 0.15) is 36.0 Å². The van der Waals surface area contributed by atoms with Crippen molar-refractivity contribution in [2.24, 2.45) is 0 Å². The third kappa shape index (κ3) is 4.37. The molecule has 2 rings (SSSR count). The Morgan fingerprint density at radius 2 is 1.33 bits per heavy atom. The Balaban J connectivity index is 1.65. The minimum atomic E-state index is 1.22. The van der Waals surface area contributed by atoms with E-state index in [1.807, 2.05) is 0 Å². The molecule has 0 atom stereocenters. The first-order chi connectivity index (χ1) is 8.84. The van der Waals surface area contributed by atoms with Gasteiger partial charge in [-0.2, -0.15) is 0 Å². The van der Waals surface area contributed by atoms with E-state index in [9.17, 15) is 0 Å². The van der Waals surface area contributed by atoms with Gasteiger partial charge in [0.2, 0.25) is 0 Å². The molecule has 0 aliphatic heterocycles. The number of hydrogen-bond acceptors (Lipinski definition) is 0. The van der Waals surface area contributed by atoms with Gasteiger partial charge in [-0.15, -0.1) is 0 Å². The van der Waals surface area contributed by atoms with Crippen LogP contribution in [-0.2, 0) is 12.8 Å². The number of rotatable bonds is 6. The summed E-state index contributed by atoms with van der Waals surface area (Å²) in [6, 6.07) is 19.7. The Labute approximate surface area is 111 Å². The highest BCUT2D eigenvalue weighted by Crippen LogP contribution is 2.11. The van der Waals surface area contributed by atoms with E-state index < -0.39 is 0 Å². The Morgan fingerprint density at radius 1 is 0.667 bits per heavy atom. The highest BCUT2D eigenvalue weighted by Gasteiger charge is 1.95. The molecule has 0 bridgehead atoms. The van der Waals surface area contributed by atoms with Crippen LogP contribution in [0.5, 0.6) is 0 Å². The second kappa shape index (κ2) is 7.00. The van der Waals surface area contributed by atoms with E-state index in [4.69, 9.17) is 0 Å². The third-order valence-electron chi connectivity index (χ3n) is 3.36. The van der Waals surface area contributed by atoms with Crippen molar-refractivity contribution < 1.29 is 0 Å². The molecule has 0 aliphatic carbocycles. The van der Waals surface area contributed by atoms with Crippen molar-refractivity contribution in [2.75, 3.05) is 0 Å². The summed E-state index contributed by atoms with van der Waals surface area (Å²) >= 11 is 0. The minimum Gasteiger partial charge on any atom is -0.0622 e. The largest absolute Gasteiger partial charge is 0.0622 e. The molecule has 0 saturated carbocycles. The van der Waals surface area contributed by atoms with Gasteiger partial charge in [0.05, 0.1) is 0 Å². The van der Waals surface area contributed by atoms with Gasteiger partial charge in [-0.1, -0.05) is 66.6 Å². The molecule has 94 valence electrons. The van der Waals surface area contributed by atoms with Crippen molar-refractivity contribution in [1.29, 1.82) is 0 Å². The van der Waals surface area contributed by atoms with Crippen molar-refractivity contribution in [3.63, 3.8) is 0 Å². The quantitative estimate of drug-likeness (QED) is 0.625. The van der Waals surface area contributed by atoms with Crippen molar-refractivity contribution in [2.45, 2.75) is 39.0 Å². The smallest absolute Gasteiger partial charge is 0.0279 e. The molecule has 0 aliphatic rings. The third-order valence-corrected chi connectivity index (χ3v) is 3.36. The van der Waals surface area contributed by atoms with E-state index in [1.54, 1.807) is 0 Å². The summed E-state index contributed by atoms with van der Waals surface area (Å²) < 4.78 is 0. The summed E-state index contributed by atoms with van der Waals surface area (Å²) in [6.07, 6.45) is 6.36. The van der Waals surface area contributed by atoms with Crippen molar-refractivity contribution in [1.82, 2.24) is 0 Å².